The predicted octanol–water partition coefficient (Wildman–Crippen LogP) is 4.70. The Labute approximate surface area is 147 Å². The summed E-state index contributed by atoms with van der Waals surface area (Å²) in [6, 6.07) is 13.4. The van der Waals surface area contributed by atoms with Crippen LogP contribution >= 0.6 is 0 Å². The third-order valence-corrected chi connectivity index (χ3v) is 3.36. The zero-order valence-electron chi connectivity index (χ0n) is 13.5. The number of hydrogen-bond donors (Lipinski definition) is 1. The number of ether oxygens (including phenoxy) is 1. The molecule has 0 saturated carbocycles. The van der Waals surface area contributed by atoms with Gasteiger partial charge in [0.1, 0.15) is 5.75 Å². The molecule has 26 heavy (non-hydrogen) atoms. The molecule has 0 atom stereocenters. The first kappa shape index (κ1) is 19.2. The number of aliphatic carboxylic acids is 1. The molecule has 0 bridgehead atoms. The molecule has 0 saturated heterocycles. The van der Waals surface area contributed by atoms with E-state index in [-0.39, 0.29) is 5.75 Å². The van der Waals surface area contributed by atoms with E-state index in [0.717, 1.165) is 22.8 Å². The Kier molecular flexibility index (Phi) is 6.16. The largest absolute Gasteiger partial charge is 0.478 e. The van der Waals surface area contributed by atoms with E-state index >= 15 is 0 Å². The van der Waals surface area contributed by atoms with Gasteiger partial charge in [-0.1, -0.05) is 36.4 Å². The van der Waals surface area contributed by atoms with Gasteiger partial charge in [-0.25, -0.2) is 4.79 Å². The van der Waals surface area contributed by atoms with Crippen LogP contribution < -0.4 is 4.74 Å². The number of carbonyl (C=O) groups excluding carboxylic acids is 1. The Hall–Kier alpha value is -3.09. The van der Waals surface area contributed by atoms with Crippen LogP contribution in [-0.4, -0.2) is 23.2 Å². The van der Waals surface area contributed by atoms with Crippen LogP contribution in [0, 0.1) is 0 Å². The minimum absolute atomic E-state index is 0.168. The van der Waals surface area contributed by atoms with Crippen LogP contribution in [-0.2, 0) is 9.59 Å². The maximum absolute atomic E-state index is 12.1. The SMILES string of the molecule is O=C(O)/C=C/c1ccc(-c2ccc(OC(=O)CCC(F)(F)F)cc2)cc1. The predicted molar refractivity (Wildman–Crippen MR) is 89.5 cm³/mol. The van der Waals surface area contributed by atoms with Gasteiger partial charge in [-0.05, 0) is 34.9 Å². The Bertz CT molecular complexity index is 791. The Morgan fingerprint density at radius 1 is 0.962 bits per heavy atom. The number of esters is 1. The van der Waals surface area contributed by atoms with E-state index in [2.05, 4.69) is 0 Å². The molecule has 4 nitrogen and oxygen atoms in total. The van der Waals surface area contributed by atoms with Crippen molar-refractivity contribution in [2.45, 2.75) is 19.0 Å². The molecule has 0 amide bonds. The second-order valence-corrected chi connectivity index (χ2v) is 5.41. The molecular weight excluding hydrogens is 349 g/mol. The third kappa shape index (κ3) is 6.43. The van der Waals surface area contributed by atoms with Crippen molar-refractivity contribution >= 4 is 18.0 Å². The zero-order chi connectivity index (χ0) is 19.2. The van der Waals surface area contributed by atoms with Gasteiger partial charge in [-0.15, -0.1) is 0 Å². The van der Waals surface area contributed by atoms with Gasteiger partial charge >= 0.3 is 18.1 Å². The molecule has 0 aliphatic rings. The summed E-state index contributed by atoms with van der Waals surface area (Å²) in [7, 11) is 0. The van der Waals surface area contributed by atoms with E-state index in [0.29, 0.717) is 0 Å². The highest BCUT2D eigenvalue weighted by molar-refractivity contribution is 5.85. The molecule has 7 heteroatoms. The Balaban J connectivity index is 1.98. The Morgan fingerprint density at radius 3 is 2.00 bits per heavy atom. The van der Waals surface area contributed by atoms with E-state index in [1.54, 1.807) is 36.4 Å². The van der Waals surface area contributed by atoms with E-state index < -0.39 is 31.0 Å². The van der Waals surface area contributed by atoms with Crippen LogP contribution in [0.15, 0.2) is 54.6 Å². The van der Waals surface area contributed by atoms with Gasteiger partial charge in [0.05, 0.1) is 12.8 Å². The molecule has 0 fully saturated rings. The standard InChI is InChI=1S/C19H15F3O4/c20-19(21,22)12-11-18(25)26-16-8-6-15(7-9-16)14-4-1-13(2-5-14)3-10-17(23)24/h1-10H,11-12H2,(H,23,24)/b10-3+. The normalized spacial score (nSPS) is 11.5. The fourth-order valence-corrected chi connectivity index (χ4v) is 2.10. The molecule has 0 aliphatic carbocycles. The van der Waals surface area contributed by atoms with Gasteiger partial charge in [0.25, 0.3) is 0 Å². The highest BCUT2D eigenvalue weighted by atomic mass is 19.4. The van der Waals surface area contributed by atoms with E-state index in [1.807, 2.05) is 0 Å². The van der Waals surface area contributed by atoms with E-state index in [9.17, 15) is 22.8 Å². The van der Waals surface area contributed by atoms with E-state index in [1.165, 1.54) is 18.2 Å². The number of carboxylic acid groups (broad SMARTS) is 1. The van der Waals surface area contributed by atoms with Gasteiger partial charge in [0.2, 0.25) is 0 Å². The summed E-state index contributed by atoms with van der Waals surface area (Å²) < 4.78 is 41.1. The molecule has 2 rings (SSSR count). The number of hydrogen-bond acceptors (Lipinski definition) is 3. The maximum atomic E-state index is 12.1. The summed E-state index contributed by atoms with van der Waals surface area (Å²) >= 11 is 0. The lowest BCUT2D eigenvalue weighted by Gasteiger charge is -2.08. The molecule has 0 aromatic heterocycles. The highest BCUT2D eigenvalue weighted by Crippen LogP contribution is 2.25. The molecule has 2 aromatic rings. The van der Waals surface area contributed by atoms with Crippen LogP contribution in [0.5, 0.6) is 5.75 Å². The molecule has 0 unspecified atom stereocenters. The average molecular weight is 364 g/mol. The molecule has 0 spiro atoms. The lowest BCUT2D eigenvalue weighted by molar-refractivity contribution is -0.151. The zero-order valence-corrected chi connectivity index (χ0v) is 13.5. The lowest BCUT2D eigenvalue weighted by Crippen LogP contribution is -2.14. The molecular formula is C19H15F3O4. The first-order valence-electron chi connectivity index (χ1n) is 7.62. The van der Waals surface area contributed by atoms with Crippen molar-refractivity contribution in [3.63, 3.8) is 0 Å². The highest BCUT2D eigenvalue weighted by Gasteiger charge is 2.28. The van der Waals surface area contributed by atoms with Crippen LogP contribution in [0.25, 0.3) is 17.2 Å². The molecule has 0 radical (unpaired) electrons. The second-order valence-electron chi connectivity index (χ2n) is 5.41. The van der Waals surface area contributed by atoms with Crippen molar-refractivity contribution in [2.24, 2.45) is 0 Å². The molecule has 1 N–H and O–H groups in total. The van der Waals surface area contributed by atoms with Crippen molar-refractivity contribution < 1.29 is 32.6 Å². The topological polar surface area (TPSA) is 63.6 Å². The van der Waals surface area contributed by atoms with Crippen LogP contribution in [0.4, 0.5) is 13.2 Å². The first-order chi connectivity index (χ1) is 12.2. The summed E-state index contributed by atoms with van der Waals surface area (Å²) in [5, 5.41) is 8.59. The number of benzene rings is 2. The monoisotopic (exact) mass is 364 g/mol. The van der Waals surface area contributed by atoms with Crippen molar-refractivity contribution in [3.05, 3.63) is 60.2 Å². The van der Waals surface area contributed by atoms with Crippen molar-refractivity contribution in [1.29, 1.82) is 0 Å². The number of rotatable bonds is 6. The first-order valence-corrected chi connectivity index (χ1v) is 7.62. The van der Waals surface area contributed by atoms with Crippen molar-refractivity contribution in [3.8, 4) is 16.9 Å². The van der Waals surface area contributed by atoms with Gasteiger partial charge in [-0.2, -0.15) is 13.2 Å². The minimum atomic E-state index is -4.39. The second kappa shape index (κ2) is 8.33. The maximum Gasteiger partial charge on any atom is 0.389 e. The van der Waals surface area contributed by atoms with E-state index in [4.69, 9.17) is 9.84 Å². The van der Waals surface area contributed by atoms with Crippen LogP contribution in [0.2, 0.25) is 0 Å². The number of carbonyl (C=O) groups is 2. The lowest BCUT2D eigenvalue weighted by atomic mass is 10.0. The fraction of sp³-hybridized carbons (Fsp3) is 0.158. The summed E-state index contributed by atoms with van der Waals surface area (Å²) in [6.07, 6.45) is -3.83. The van der Waals surface area contributed by atoms with Gasteiger partial charge in [0.15, 0.2) is 0 Å². The summed E-state index contributed by atoms with van der Waals surface area (Å²) in [6.45, 7) is 0. The molecule has 0 aliphatic heterocycles. The van der Waals surface area contributed by atoms with Gasteiger partial charge in [0, 0.05) is 6.08 Å². The molecule has 0 heterocycles. The summed E-state index contributed by atoms with van der Waals surface area (Å²) in [4.78, 5) is 21.9. The molecule has 136 valence electrons. The molecule has 2 aromatic carbocycles. The number of carboxylic acids is 1. The van der Waals surface area contributed by atoms with Crippen molar-refractivity contribution in [1.82, 2.24) is 0 Å². The minimum Gasteiger partial charge on any atom is -0.478 e. The smallest absolute Gasteiger partial charge is 0.389 e. The fourth-order valence-electron chi connectivity index (χ4n) is 2.10. The van der Waals surface area contributed by atoms with Crippen molar-refractivity contribution in [2.75, 3.05) is 0 Å². The van der Waals surface area contributed by atoms with Crippen LogP contribution in [0.3, 0.4) is 0 Å². The average Bonchev–Trinajstić information content (AvgIpc) is 2.59. The number of alkyl halides is 3. The quantitative estimate of drug-likeness (QED) is 0.458. The summed E-state index contributed by atoms with van der Waals surface area (Å²) in [5.74, 6) is -1.80. The van der Waals surface area contributed by atoms with Crippen LogP contribution in [0.1, 0.15) is 18.4 Å². The number of halogens is 3. The summed E-state index contributed by atoms with van der Waals surface area (Å²) in [5.41, 5.74) is 2.40. The van der Waals surface area contributed by atoms with Gasteiger partial charge in [-0.3, -0.25) is 4.79 Å². The Morgan fingerprint density at radius 2 is 1.50 bits per heavy atom. The van der Waals surface area contributed by atoms with Gasteiger partial charge < -0.3 is 9.84 Å². The third-order valence-electron chi connectivity index (χ3n) is 3.36.